The summed E-state index contributed by atoms with van der Waals surface area (Å²) in [6.45, 7) is -0.824. The third-order valence-electron chi connectivity index (χ3n) is 3.40. The summed E-state index contributed by atoms with van der Waals surface area (Å²) in [6, 6.07) is 9.61. The summed E-state index contributed by atoms with van der Waals surface area (Å²) in [5.41, 5.74) is -0.798. The van der Waals surface area contributed by atoms with Crippen molar-refractivity contribution >= 4 is 22.7 Å². The van der Waals surface area contributed by atoms with Crippen molar-refractivity contribution < 1.29 is 27.5 Å². The minimum Gasteiger partial charge on any atom is -0.451 e. The number of para-hydroxylation sites is 1. The molecule has 0 aliphatic carbocycles. The zero-order valence-electron chi connectivity index (χ0n) is 12.6. The van der Waals surface area contributed by atoms with Crippen LogP contribution in [0.5, 0.6) is 0 Å². The van der Waals surface area contributed by atoms with Gasteiger partial charge in [-0.05, 0) is 30.3 Å². The Kier molecular flexibility index (Phi) is 4.38. The lowest BCUT2D eigenvalue weighted by Crippen LogP contribution is -2.17. The number of carbonyl (C=O) groups is 2. The third-order valence-corrected chi connectivity index (χ3v) is 3.40. The quantitative estimate of drug-likeness (QED) is 0.537. The van der Waals surface area contributed by atoms with Crippen molar-refractivity contribution in [3.63, 3.8) is 0 Å². The lowest BCUT2D eigenvalue weighted by atomic mass is 10.1. The highest BCUT2D eigenvalue weighted by Gasteiger charge is 2.18. The predicted octanol–water partition coefficient (Wildman–Crippen LogP) is 3.11. The molecule has 0 spiro atoms. The van der Waals surface area contributed by atoms with Gasteiger partial charge in [-0.3, -0.25) is 9.59 Å². The fourth-order valence-electron chi connectivity index (χ4n) is 2.20. The van der Waals surface area contributed by atoms with E-state index < -0.39 is 46.7 Å². The molecule has 1 aromatic heterocycles. The van der Waals surface area contributed by atoms with Crippen molar-refractivity contribution in [2.45, 2.75) is 0 Å². The Morgan fingerprint density at radius 1 is 1.04 bits per heavy atom. The Bertz CT molecular complexity index is 1040. The van der Waals surface area contributed by atoms with Crippen LogP contribution in [-0.2, 0) is 4.74 Å². The monoisotopic (exact) mass is 344 g/mol. The molecule has 7 heteroatoms. The number of Topliss-reactive ketones (excluding diaryl/α,β-unsaturated/α-hetero) is 1. The molecule has 3 rings (SSSR count). The van der Waals surface area contributed by atoms with Crippen LogP contribution in [0.4, 0.5) is 8.78 Å². The number of hydrogen-bond acceptors (Lipinski definition) is 5. The molecule has 0 aliphatic heterocycles. The van der Waals surface area contributed by atoms with E-state index in [4.69, 9.17) is 9.15 Å². The number of ketones is 1. The molecule has 1 heterocycles. The molecular weight excluding hydrogens is 334 g/mol. The van der Waals surface area contributed by atoms with E-state index in [1.165, 1.54) is 12.1 Å². The molecule has 5 nitrogen and oxygen atoms in total. The molecular formula is C18H10F2O5. The second-order valence-electron chi connectivity index (χ2n) is 5.09. The number of hydrogen-bond donors (Lipinski definition) is 0. The van der Waals surface area contributed by atoms with Gasteiger partial charge in [0.2, 0.25) is 11.5 Å². The molecule has 0 amide bonds. The van der Waals surface area contributed by atoms with Crippen molar-refractivity contribution in [2.75, 3.05) is 6.61 Å². The Morgan fingerprint density at radius 3 is 2.60 bits per heavy atom. The van der Waals surface area contributed by atoms with Gasteiger partial charge in [-0.25, -0.2) is 13.6 Å². The molecule has 0 atom stereocenters. The molecule has 25 heavy (non-hydrogen) atoms. The number of rotatable bonds is 4. The van der Waals surface area contributed by atoms with Gasteiger partial charge in [0.05, 0.1) is 10.9 Å². The maximum absolute atomic E-state index is 13.5. The fraction of sp³-hybridized carbons (Fsp3) is 0.0556. The second kappa shape index (κ2) is 6.64. The Balaban J connectivity index is 1.78. The predicted molar refractivity (Wildman–Crippen MR) is 83.5 cm³/mol. The van der Waals surface area contributed by atoms with E-state index in [0.29, 0.717) is 6.07 Å². The zero-order chi connectivity index (χ0) is 18.0. The summed E-state index contributed by atoms with van der Waals surface area (Å²) < 4.78 is 36.6. The minimum atomic E-state index is -1.06. The van der Waals surface area contributed by atoms with Gasteiger partial charge in [0, 0.05) is 6.07 Å². The van der Waals surface area contributed by atoms with E-state index in [2.05, 4.69) is 0 Å². The number of ether oxygens (including phenoxy) is 1. The van der Waals surface area contributed by atoms with Crippen LogP contribution in [-0.4, -0.2) is 18.4 Å². The van der Waals surface area contributed by atoms with Crippen molar-refractivity contribution in [1.29, 1.82) is 0 Å². The van der Waals surface area contributed by atoms with E-state index >= 15 is 0 Å². The van der Waals surface area contributed by atoms with E-state index in [0.717, 1.165) is 18.2 Å². The van der Waals surface area contributed by atoms with Crippen LogP contribution in [0.25, 0.3) is 11.0 Å². The molecule has 0 saturated heterocycles. The van der Waals surface area contributed by atoms with Gasteiger partial charge in [0.1, 0.15) is 17.2 Å². The van der Waals surface area contributed by atoms with Crippen molar-refractivity contribution in [3.05, 3.63) is 81.7 Å². The highest BCUT2D eigenvalue weighted by atomic mass is 19.1. The van der Waals surface area contributed by atoms with Crippen LogP contribution < -0.4 is 5.43 Å². The largest absolute Gasteiger partial charge is 0.451 e. The SMILES string of the molecule is O=C(OCC(=O)c1cc(F)ccc1F)c1cc(=O)c2ccccc2o1. The van der Waals surface area contributed by atoms with Crippen molar-refractivity contribution in [2.24, 2.45) is 0 Å². The average molecular weight is 344 g/mol. The van der Waals surface area contributed by atoms with E-state index in [-0.39, 0.29) is 11.0 Å². The Labute approximate surface area is 139 Å². The lowest BCUT2D eigenvalue weighted by molar-refractivity contribution is 0.0443. The van der Waals surface area contributed by atoms with Gasteiger partial charge in [-0.2, -0.15) is 0 Å². The topological polar surface area (TPSA) is 73.6 Å². The van der Waals surface area contributed by atoms with Crippen LogP contribution in [0.15, 0.2) is 57.7 Å². The van der Waals surface area contributed by atoms with Gasteiger partial charge in [-0.15, -0.1) is 0 Å². The standard InChI is InChI=1S/C18H10F2O5/c19-10-5-6-13(20)12(7-10)15(22)9-24-18(23)17-8-14(21)11-3-1-2-4-16(11)25-17/h1-8H,9H2. The van der Waals surface area contributed by atoms with Crippen molar-refractivity contribution in [3.8, 4) is 0 Å². The first-order valence-corrected chi connectivity index (χ1v) is 7.14. The molecule has 0 N–H and O–H groups in total. The molecule has 0 bridgehead atoms. The van der Waals surface area contributed by atoms with Crippen LogP contribution in [0, 0.1) is 11.6 Å². The number of benzene rings is 2. The first kappa shape index (κ1) is 16.5. The normalized spacial score (nSPS) is 10.6. The molecule has 0 saturated carbocycles. The molecule has 2 aromatic carbocycles. The number of fused-ring (bicyclic) bond motifs is 1. The zero-order valence-corrected chi connectivity index (χ0v) is 12.6. The van der Waals surface area contributed by atoms with E-state index in [1.54, 1.807) is 12.1 Å². The van der Waals surface area contributed by atoms with Gasteiger partial charge in [-0.1, -0.05) is 12.1 Å². The Morgan fingerprint density at radius 2 is 1.80 bits per heavy atom. The third kappa shape index (κ3) is 3.45. The molecule has 0 unspecified atom stereocenters. The van der Waals surface area contributed by atoms with Crippen LogP contribution >= 0.6 is 0 Å². The summed E-state index contributed by atoms with van der Waals surface area (Å²) in [4.78, 5) is 35.7. The average Bonchev–Trinajstić information content (AvgIpc) is 2.61. The highest BCUT2D eigenvalue weighted by Crippen LogP contribution is 2.14. The van der Waals surface area contributed by atoms with Crippen LogP contribution in [0.3, 0.4) is 0 Å². The first-order valence-electron chi connectivity index (χ1n) is 7.14. The van der Waals surface area contributed by atoms with E-state index in [9.17, 15) is 23.2 Å². The second-order valence-corrected chi connectivity index (χ2v) is 5.09. The van der Waals surface area contributed by atoms with Crippen LogP contribution in [0.2, 0.25) is 0 Å². The maximum atomic E-state index is 13.5. The summed E-state index contributed by atoms with van der Waals surface area (Å²) in [5, 5.41) is 0.289. The molecule has 3 aromatic rings. The summed E-state index contributed by atoms with van der Waals surface area (Å²) in [7, 11) is 0. The minimum absolute atomic E-state index is 0.185. The van der Waals surface area contributed by atoms with Gasteiger partial charge >= 0.3 is 5.97 Å². The van der Waals surface area contributed by atoms with Gasteiger partial charge in [0.15, 0.2) is 12.0 Å². The first-order chi connectivity index (χ1) is 12.0. The fourth-order valence-corrected chi connectivity index (χ4v) is 2.20. The van der Waals surface area contributed by atoms with Gasteiger partial charge < -0.3 is 9.15 Å². The summed E-state index contributed by atoms with van der Waals surface area (Å²) >= 11 is 0. The van der Waals surface area contributed by atoms with Crippen LogP contribution in [0.1, 0.15) is 20.9 Å². The molecule has 0 radical (unpaired) electrons. The number of carbonyl (C=O) groups excluding carboxylic acids is 2. The molecule has 0 fully saturated rings. The highest BCUT2D eigenvalue weighted by molar-refractivity contribution is 5.99. The smallest absolute Gasteiger partial charge is 0.374 e. The van der Waals surface area contributed by atoms with Crippen molar-refractivity contribution in [1.82, 2.24) is 0 Å². The number of halogens is 2. The maximum Gasteiger partial charge on any atom is 0.374 e. The van der Waals surface area contributed by atoms with Gasteiger partial charge in [0.25, 0.3) is 0 Å². The molecule has 0 aliphatic rings. The summed E-state index contributed by atoms with van der Waals surface area (Å²) in [6.07, 6.45) is 0. The number of esters is 1. The van der Waals surface area contributed by atoms with E-state index in [1.807, 2.05) is 0 Å². The lowest BCUT2D eigenvalue weighted by Gasteiger charge is -2.05. The Hall–Kier alpha value is -3.35. The molecule has 126 valence electrons. The summed E-state index contributed by atoms with van der Waals surface area (Å²) in [5.74, 6) is -4.10.